The minimum atomic E-state index is -0.0694. The zero-order valence-corrected chi connectivity index (χ0v) is 17.0. The Morgan fingerprint density at radius 1 is 1.04 bits per heavy atom. The molecule has 0 spiro atoms. The van der Waals surface area contributed by atoms with E-state index in [-0.39, 0.29) is 17.6 Å². The second-order valence-corrected chi connectivity index (χ2v) is 7.53. The number of hydrogen-bond acceptors (Lipinski definition) is 4. The summed E-state index contributed by atoms with van der Waals surface area (Å²) in [5.41, 5.74) is 4.05. The number of ketones is 1. The molecule has 1 heterocycles. The molecule has 1 fully saturated rings. The van der Waals surface area contributed by atoms with Crippen molar-refractivity contribution in [1.29, 1.82) is 0 Å². The number of carbonyl (C=O) groups is 2. The lowest BCUT2D eigenvalue weighted by atomic mass is 9.88. The van der Waals surface area contributed by atoms with Crippen LogP contribution in [0.1, 0.15) is 39.1 Å². The monoisotopic (exact) mass is 394 g/mol. The van der Waals surface area contributed by atoms with Crippen LogP contribution in [0.2, 0.25) is 0 Å². The predicted octanol–water partition coefficient (Wildman–Crippen LogP) is 3.99. The summed E-state index contributed by atoms with van der Waals surface area (Å²) in [4.78, 5) is 29.1. The quantitative estimate of drug-likeness (QED) is 0.526. The average molecular weight is 395 g/mol. The van der Waals surface area contributed by atoms with Gasteiger partial charge in [0.15, 0.2) is 5.78 Å². The van der Waals surface area contributed by atoms with E-state index in [1.807, 2.05) is 49.4 Å². The highest BCUT2D eigenvalue weighted by Gasteiger charge is 2.26. The van der Waals surface area contributed by atoms with Crippen LogP contribution < -0.4 is 0 Å². The molecule has 146 valence electrons. The number of Topliss-reactive ketones (excluding diaryl/α,β-unsaturated/α-hetero) is 1. The Bertz CT molecular complexity index is 812. The van der Waals surface area contributed by atoms with Gasteiger partial charge >= 0.3 is 0 Å². The first kappa shape index (κ1) is 20.4. The van der Waals surface area contributed by atoms with Crippen LogP contribution in [0.15, 0.2) is 54.6 Å². The molecule has 0 atom stereocenters. The fourth-order valence-corrected chi connectivity index (χ4v) is 3.77. The van der Waals surface area contributed by atoms with Crippen molar-refractivity contribution in [3.8, 4) is 0 Å². The van der Waals surface area contributed by atoms with E-state index in [0.717, 1.165) is 38.0 Å². The van der Waals surface area contributed by atoms with Gasteiger partial charge in [0.25, 0.3) is 5.91 Å². The molecule has 5 heteroatoms. The predicted molar refractivity (Wildman–Crippen MR) is 116 cm³/mol. The molecule has 2 aromatic carbocycles. The number of aryl methyl sites for hydroxylation is 1. The molecule has 1 saturated heterocycles. The molecule has 0 aromatic heterocycles. The van der Waals surface area contributed by atoms with Crippen molar-refractivity contribution in [2.75, 3.05) is 26.2 Å². The van der Waals surface area contributed by atoms with Crippen LogP contribution in [0, 0.1) is 12.8 Å². The van der Waals surface area contributed by atoms with Gasteiger partial charge in [0.2, 0.25) is 0 Å². The summed E-state index contributed by atoms with van der Waals surface area (Å²) in [7, 11) is 0. The number of carbonyl (C=O) groups excluding carboxylic acids is 2. The van der Waals surface area contributed by atoms with E-state index in [1.165, 1.54) is 11.1 Å². The molecule has 3 rings (SSSR count). The van der Waals surface area contributed by atoms with Crippen LogP contribution in [-0.4, -0.2) is 53.2 Å². The van der Waals surface area contributed by atoms with E-state index >= 15 is 0 Å². The molecular weight excluding hydrogens is 368 g/mol. The van der Waals surface area contributed by atoms with Crippen LogP contribution in [-0.2, 0) is 0 Å². The first-order valence-electron chi connectivity index (χ1n) is 9.73. The third-order valence-corrected chi connectivity index (χ3v) is 5.61. The lowest BCUT2D eigenvalue weighted by Gasteiger charge is -2.32. The fraction of sp³-hybridized carbons (Fsp3) is 0.348. The lowest BCUT2D eigenvalue weighted by Crippen LogP contribution is -2.42. The topological polar surface area (TPSA) is 40.6 Å². The molecule has 0 bridgehead atoms. The number of rotatable bonds is 7. The molecule has 0 saturated carbocycles. The van der Waals surface area contributed by atoms with Gasteiger partial charge in [0.1, 0.15) is 0 Å². The van der Waals surface area contributed by atoms with Crippen molar-refractivity contribution in [1.82, 2.24) is 9.80 Å². The molecule has 0 unspecified atom stereocenters. The molecule has 0 aliphatic carbocycles. The van der Waals surface area contributed by atoms with Gasteiger partial charge in [-0.1, -0.05) is 60.2 Å². The third-order valence-electron chi connectivity index (χ3n) is 5.36. The SMILES string of the molecule is Cc1ccc(C(=O)C2CCN(CCN(C=S)C(=O)c3ccccc3)CC2)cc1. The molecule has 4 nitrogen and oxygen atoms in total. The Labute approximate surface area is 172 Å². The molecule has 0 N–H and O–H groups in total. The highest BCUT2D eigenvalue weighted by atomic mass is 32.1. The number of amides is 1. The first-order valence-corrected chi connectivity index (χ1v) is 10.2. The zero-order valence-electron chi connectivity index (χ0n) is 16.2. The second-order valence-electron chi connectivity index (χ2n) is 7.32. The van der Waals surface area contributed by atoms with E-state index in [4.69, 9.17) is 12.2 Å². The normalized spacial score (nSPS) is 15.2. The van der Waals surface area contributed by atoms with E-state index in [0.29, 0.717) is 12.1 Å². The van der Waals surface area contributed by atoms with Gasteiger partial charge in [-0.15, -0.1) is 0 Å². The van der Waals surface area contributed by atoms with Gasteiger partial charge in [0.05, 0.1) is 5.49 Å². The molecule has 0 radical (unpaired) electrons. The Morgan fingerprint density at radius 3 is 2.29 bits per heavy atom. The summed E-state index contributed by atoms with van der Waals surface area (Å²) in [6.07, 6.45) is 1.72. The largest absolute Gasteiger partial charge is 0.304 e. The number of likely N-dealkylation sites (tertiary alicyclic amines) is 1. The first-order chi connectivity index (χ1) is 13.6. The van der Waals surface area contributed by atoms with Crippen LogP contribution in [0.3, 0.4) is 0 Å². The van der Waals surface area contributed by atoms with Crippen LogP contribution in [0.4, 0.5) is 0 Å². The second kappa shape index (κ2) is 9.71. The number of benzene rings is 2. The third kappa shape index (κ3) is 5.12. The van der Waals surface area contributed by atoms with E-state index < -0.39 is 0 Å². The van der Waals surface area contributed by atoms with E-state index in [9.17, 15) is 9.59 Å². The maximum absolute atomic E-state index is 12.7. The van der Waals surface area contributed by atoms with Gasteiger partial charge in [-0.25, -0.2) is 0 Å². The van der Waals surface area contributed by atoms with Crippen molar-refractivity contribution in [2.24, 2.45) is 5.92 Å². The minimum absolute atomic E-state index is 0.0694. The molecule has 1 aliphatic heterocycles. The number of piperidine rings is 1. The highest BCUT2D eigenvalue weighted by molar-refractivity contribution is 7.78. The van der Waals surface area contributed by atoms with E-state index in [1.54, 1.807) is 17.0 Å². The maximum atomic E-state index is 12.7. The average Bonchev–Trinajstić information content (AvgIpc) is 2.75. The van der Waals surface area contributed by atoms with Gasteiger partial charge in [0, 0.05) is 30.1 Å². The molecule has 1 amide bonds. The Balaban J connectivity index is 1.48. The van der Waals surface area contributed by atoms with Crippen LogP contribution in [0.5, 0.6) is 0 Å². The summed E-state index contributed by atoms with van der Waals surface area (Å²) in [5, 5.41) is 0. The molecule has 1 aliphatic rings. The van der Waals surface area contributed by atoms with Crippen molar-refractivity contribution in [3.05, 3.63) is 71.3 Å². The van der Waals surface area contributed by atoms with Gasteiger partial charge in [-0.3, -0.25) is 9.59 Å². The lowest BCUT2D eigenvalue weighted by molar-refractivity contribution is 0.0805. The van der Waals surface area contributed by atoms with Crippen molar-refractivity contribution < 1.29 is 9.59 Å². The van der Waals surface area contributed by atoms with Crippen LogP contribution >= 0.6 is 12.2 Å². The van der Waals surface area contributed by atoms with E-state index in [2.05, 4.69) is 4.90 Å². The van der Waals surface area contributed by atoms with Crippen molar-refractivity contribution in [3.63, 3.8) is 0 Å². The summed E-state index contributed by atoms with van der Waals surface area (Å²) < 4.78 is 0. The van der Waals surface area contributed by atoms with Gasteiger partial charge < -0.3 is 9.80 Å². The van der Waals surface area contributed by atoms with Gasteiger partial charge in [-0.05, 0) is 45.0 Å². The Hall–Kier alpha value is -2.37. The zero-order chi connectivity index (χ0) is 19.9. The number of thiocarbonyl (C=S) groups is 1. The summed E-state index contributed by atoms with van der Waals surface area (Å²) >= 11 is 5.05. The minimum Gasteiger partial charge on any atom is -0.304 e. The van der Waals surface area contributed by atoms with Crippen LogP contribution in [0.25, 0.3) is 0 Å². The molecule has 28 heavy (non-hydrogen) atoms. The smallest absolute Gasteiger partial charge is 0.258 e. The van der Waals surface area contributed by atoms with Crippen molar-refractivity contribution >= 4 is 29.4 Å². The summed E-state index contributed by atoms with van der Waals surface area (Å²) in [6, 6.07) is 17.0. The Morgan fingerprint density at radius 2 is 1.68 bits per heavy atom. The summed E-state index contributed by atoms with van der Waals surface area (Å²) in [6.45, 7) is 5.09. The molecule has 2 aromatic rings. The summed E-state index contributed by atoms with van der Waals surface area (Å²) in [5.74, 6) is 0.269. The number of nitrogens with zero attached hydrogens (tertiary/aromatic N) is 2. The standard InChI is InChI=1S/C23H26N2O2S/c1-18-7-9-19(10-8-18)22(26)20-11-13-24(14-12-20)15-16-25(17-28)23(27)21-5-3-2-4-6-21/h2-10,17,20H,11-16H2,1H3. The van der Waals surface area contributed by atoms with Gasteiger partial charge in [-0.2, -0.15) is 0 Å². The Kier molecular flexibility index (Phi) is 7.06. The fourth-order valence-electron chi connectivity index (χ4n) is 3.57. The number of hydrogen-bond donors (Lipinski definition) is 0. The highest BCUT2D eigenvalue weighted by Crippen LogP contribution is 2.22. The van der Waals surface area contributed by atoms with Crippen molar-refractivity contribution in [2.45, 2.75) is 19.8 Å². The maximum Gasteiger partial charge on any atom is 0.258 e. The molecular formula is C23H26N2O2S.